The third-order valence-corrected chi connectivity index (χ3v) is 7.13. The molecule has 5 rings (SSSR count). The fourth-order valence-electron chi connectivity index (χ4n) is 3.14. The van der Waals surface area contributed by atoms with Gasteiger partial charge in [-0.3, -0.25) is 19.6 Å². The maximum atomic E-state index is 13.4. The second kappa shape index (κ2) is 7.08. The number of phenolic OH excluding ortho intramolecular Hbond substituents is 2. The zero-order valence-corrected chi connectivity index (χ0v) is 16.7. The van der Waals surface area contributed by atoms with Gasteiger partial charge < -0.3 is 10.2 Å². The molecule has 2 N–H and O–H groups in total. The molecule has 2 aromatic heterocycles. The Labute approximate surface area is 178 Å². The summed E-state index contributed by atoms with van der Waals surface area (Å²) >= 11 is 2.18. The van der Waals surface area contributed by atoms with Gasteiger partial charge in [0, 0.05) is 24.8 Å². The molecule has 0 bridgehead atoms. The number of aromatic hydroxyl groups is 2. The number of hydrogen-bond donors (Lipinski definition) is 2. The minimum atomic E-state index is -0.509. The predicted octanol–water partition coefficient (Wildman–Crippen LogP) is 3.29. The van der Waals surface area contributed by atoms with Crippen molar-refractivity contribution in [2.75, 3.05) is 10.0 Å². The number of carbonyl (C=O) groups is 2. The Morgan fingerprint density at radius 1 is 0.667 bits per heavy atom. The minimum absolute atomic E-state index is 0.0224. The van der Waals surface area contributed by atoms with Crippen LogP contribution >= 0.6 is 23.5 Å². The van der Waals surface area contributed by atoms with Crippen LogP contribution in [0.1, 0.15) is 0 Å². The maximum absolute atomic E-state index is 13.4. The first-order valence-corrected chi connectivity index (χ1v) is 10.3. The van der Waals surface area contributed by atoms with Crippen molar-refractivity contribution in [3.05, 3.63) is 71.0 Å². The molecule has 10 heteroatoms. The molecule has 4 heterocycles. The highest BCUT2D eigenvalue weighted by Gasteiger charge is 2.46. The van der Waals surface area contributed by atoms with E-state index in [9.17, 15) is 19.8 Å². The molecule has 0 unspecified atom stereocenters. The SMILES string of the molecule is O=C1C(=C2Sc3c(O)ccc(O)c3S2)C(=O)N(c2ccncc2)N1c1ccncc1. The third-order valence-electron chi connectivity index (χ3n) is 4.49. The van der Waals surface area contributed by atoms with Gasteiger partial charge in [0.05, 0.1) is 25.4 Å². The lowest BCUT2D eigenvalue weighted by Crippen LogP contribution is -2.41. The number of carbonyl (C=O) groups excluding carboxylic acids is 2. The Balaban J connectivity index is 1.66. The largest absolute Gasteiger partial charge is 0.507 e. The average molecular weight is 436 g/mol. The van der Waals surface area contributed by atoms with Gasteiger partial charge in [-0.2, -0.15) is 0 Å². The number of anilines is 2. The van der Waals surface area contributed by atoms with Crippen LogP contribution in [-0.2, 0) is 9.59 Å². The molecule has 2 amide bonds. The maximum Gasteiger partial charge on any atom is 0.284 e. The summed E-state index contributed by atoms with van der Waals surface area (Å²) < 4.78 is 0.396. The lowest BCUT2D eigenvalue weighted by molar-refractivity contribution is -0.116. The van der Waals surface area contributed by atoms with E-state index in [0.29, 0.717) is 25.4 Å². The number of amides is 2. The first-order chi connectivity index (χ1) is 14.6. The molecule has 2 aliphatic rings. The molecule has 0 aliphatic carbocycles. The number of benzene rings is 1. The summed E-state index contributed by atoms with van der Waals surface area (Å²) in [7, 11) is 0. The van der Waals surface area contributed by atoms with Crippen LogP contribution < -0.4 is 10.0 Å². The zero-order valence-electron chi connectivity index (χ0n) is 15.1. The first-order valence-electron chi connectivity index (χ1n) is 8.70. The number of hydrazine groups is 1. The third kappa shape index (κ3) is 2.80. The van der Waals surface area contributed by atoms with Crippen LogP contribution in [0, 0.1) is 0 Å². The van der Waals surface area contributed by atoms with Crippen LogP contribution in [0.15, 0.2) is 80.8 Å². The molecular weight excluding hydrogens is 424 g/mol. The van der Waals surface area contributed by atoms with Crippen LogP contribution in [0.2, 0.25) is 0 Å². The lowest BCUT2D eigenvalue weighted by Gasteiger charge is -2.26. The molecule has 1 fully saturated rings. The minimum Gasteiger partial charge on any atom is -0.507 e. The highest BCUT2D eigenvalue weighted by Crippen LogP contribution is 2.59. The number of thioether (sulfide) groups is 2. The number of pyridine rings is 2. The van der Waals surface area contributed by atoms with E-state index < -0.39 is 11.8 Å². The van der Waals surface area contributed by atoms with Gasteiger partial charge in [-0.05, 0) is 36.4 Å². The Morgan fingerprint density at radius 3 is 1.47 bits per heavy atom. The Hall–Kier alpha value is -3.50. The van der Waals surface area contributed by atoms with Crippen molar-refractivity contribution in [1.82, 2.24) is 9.97 Å². The highest BCUT2D eigenvalue weighted by atomic mass is 32.2. The van der Waals surface area contributed by atoms with Gasteiger partial charge in [0.25, 0.3) is 11.8 Å². The van der Waals surface area contributed by atoms with Crippen LogP contribution in [0.25, 0.3) is 0 Å². The van der Waals surface area contributed by atoms with E-state index in [1.54, 1.807) is 24.3 Å². The van der Waals surface area contributed by atoms with Crippen molar-refractivity contribution in [1.29, 1.82) is 0 Å². The quantitative estimate of drug-likeness (QED) is 0.358. The normalized spacial score (nSPS) is 15.9. The van der Waals surface area contributed by atoms with Crippen molar-refractivity contribution in [3.8, 4) is 11.5 Å². The topological polar surface area (TPSA) is 107 Å². The van der Waals surface area contributed by atoms with E-state index >= 15 is 0 Å². The summed E-state index contributed by atoms with van der Waals surface area (Å²) in [5.74, 6) is -1.06. The first kappa shape index (κ1) is 18.5. The van der Waals surface area contributed by atoms with E-state index in [2.05, 4.69) is 9.97 Å². The van der Waals surface area contributed by atoms with E-state index in [1.807, 2.05) is 0 Å². The lowest BCUT2D eigenvalue weighted by atomic mass is 10.3. The molecule has 1 aromatic carbocycles. The molecule has 0 atom stereocenters. The molecule has 1 saturated heterocycles. The van der Waals surface area contributed by atoms with Gasteiger partial charge in [0.2, 0.25) is 0 Å². The Morgan fingerprint density at radius 2 is 1.07 bits per heavy atom. The molecular formula is C20H12N4O4S2. The molecule has 8 nitrogen and oxygen atoms in total. The van der Waals surface area contributed by atoms with E-state index in [1.165, 1.54) is 46.9 Å². The standard InChI is InChI=1S/C20H12N4O4S2/c25-13-1-2-14(26)17-16(13)29-20(30-17)15-18(27)23(11-3-7-21-8-4-11)24(19(15)28)12-5-9-22-10-6-12/h1-10,25-26H. The van der Waals surface area contributed by atoms with Crippen molar-refractivity contribution >= 4 is 46.7 Å². The second-order valence-corrected chi connectivity index (χ2v) is 8.57. The van der Waals surface area contributed by atoms with Crippen molar-refractivity contribution in [3.63, 3.8) is 0 Å². The van der Waals surface area contributed by atoms with Crippen LogP contribution in [0.5, 0.6) is 11.5 Å². The molecule has 148 valence electrons. The van der Waals surface area contributed by atoms with E-state index in [4.69, 9.17) is 0 Å². The molecule has 2 aliphatic heterocycles. The Kier molecular flexibility index (Phi) is 4.37. The second-order valence-electron chi connectivity index (χ2n) is 6.27. The van der Waals surface area contributed by atoms with Crippen molar-refractivity contribution < 1.29 is 19.8 Å². The predicted molar refractivity (Wildman–Crippen MR) is 112 cm³/mol. The molecule has 0 radical (unpaired) electrons. The van der Waals surface area contributed by atoms with Gasteiger partial charge in [-0.1, -0.05) is 23.5 Å². The number of fused-ring (bicyclic) bond motifs is 1. The number of hydrogen-bond acceptors (Lipinski definition) is 8. The number of nitrogens with zero attached hydrogens (tertiary/aromatic N) is 4. The molecule has 0 saturated carbocycles. The fraction of sp³-hybridized carbons (Fsp3) is 0. The summed E-state index contributed by atoms with van der Waals surface area (Å²) in [6.45, 7) is 0. The van der Waals surface area contributed by atoms with E-state index in [0.717, 1.165) is 23.5 Å². The van der Waals surface area contributed by atoms with Gasteiger partial charge in [0.1, 0.15) is 17.1 Å². The number of aromatic nitrogens is 2. The summed E-state index contributed by atoms with van der Waals surface area (Å²) in [5, 5.41) is 22.8. The molecule has 0 spiro atoms. The number of phenols is 2. The number of rotatable bonds is 2. The summed E-state index contributed by atoms with van der Waals surface area (Å²) in [6.07, 6.45) is 6.14. The summed E-state index contributed by atoms with van der Waals surface area (Å²) in [6, 6.07) is 9.28. The van der Waals surface area contributed by atoms with Crippen LogP contribution in [0.4, 0.5) is 11.4 Å². The van der Waals surface area contributed by atoms with Crippen molar-refractivity contribution in [2.24, 2.45) is 0 Å². The van der Waals surface area contributed by atoms with Gasteiger partial charge in [-0.15, -0.1) is 0 Å². The van der Waals surface area contributed by atoms with Crippen molar-refractivity contribution in [2.45, 2.75) is 9.79 Å². The fourth-order valence-corrected chi connectivity index (χ4v) is 5.72. The summed E-state index contributed by atoms with van der Waals surface area (Å²) in [5.41, 5.74) is 0.924. The zero-order chi connectivity index (χ0) is 20.8. The van der Waals surface area contributed by atoms with Gasteiger partial charge in [0.15, 0.2) is 0 Å². The Bertz CT molecular complexity index is 1130. The highest BCUT2D eigenvalue weighted by molar-refractivity contribution is 8.25. The monoisotopic (exact) mass is 436 g/mol. The van der Waals surface area contributed by atoms with Gasteiger partial charge in [-0.25, -0.2) is 10.0 Å². The van der Waals surface area contributed by atoms with Gasteiger partial charge >= 0.3 is 0 Å². The average Bonchev–Trinajstić information content (AvgIpc) is 3.32. The van der Waals surface area contributed by atoms with E-state index in [-0.39, 0.29) is 17.1 Å². The summed E-state index contributed by atoms with van der Waals surface area (Å²) in [4.78, 5) is 35.6. The molecule has 3 aromatic rings. The smallest absolute Gasteiger partial charge is 0.284 e. The van der Waals surface area contributed by atoms with Crippen LogP contribution in [0.3, 0.4) is 0 Å². The van der Waals surface area contributed by atoms with Crippen LogP contribution in [-0.4, -0.2) is 32.0 Å². The molecule has 30 heavy (non-hydrogen) atoms.